The standard InChI is InChI=1S/C11H12N4O2/c1-6-5-8(11(16)17)15-10(12-6)9(13-14-15)7-3-2-4-7/h5,7H,2-4H2,1H3,(H,16,17). The molecule has 0 amide bonds. The highest BCUT2D eigenvalue weighted by Gasteiger charge is 2.26. The predicted molar refractivity (Wildman–Crippen MR) is 59.1 cm³/mol. The third kappa shape index (κ3) is 1.48. The van der Waals surface area contributed by atoms with Gasteiger partial charge in [-0.25, -0.2) is 9.78 Å². The van der Waals surface area contributed by atoms with Gasteiger partial charge in [-0.15, -0.1) is 5.10 Å². The molecule has 0 saturated heterocycles. The van der Waals surface area contributed by atoms with Gasteiger partial charge in [0.1, 0.15) is 5.69 Å². The molecule has 0 aliphatic heterocycles. The van der Waals surface area contributed by atoms with E-state index in [1.807, 2.05) is 0 Å². The lowest BCUT2D eigenvalue weighted by molar-refractivity contribution is 0.0686. The van der Waals surface area contributed by atoms with E-state index in [-0.39, 0.29) is 5.69 Å². The second kappa shape index (κ2) is 3.51. The van der Waals surface area contributed by atoms with Gasteiger partial charge in [-0.3, -0.25) is 0 Å². The Bertz CT molecular complexity index is 601. The van der Waals surface area contributed by atoms with Gasteiger partial charge < -0.3 is 5.11 Å². The lowest BCUT2D eigenvalue weighted by Crippen LogP contribution is -2.11. The zero-order valence-corrected chi connectivity index (χ0v) is 9.42. The van der Waals surface area contributed by atoms with Crippen LogP contribution in [-0.2, 0) is 0 Å². The summed E-state index contributed by atoms with van der Waals surface area (Å²) in [6.07, 6.45) is 3.38. The average molecular weight is 232 g/mol. The summed E-state index contributed by atoms with van der Waals surface area (Å²) in [6, 6.07) is 1.51. The van der Waals surface area contributed by atoms with Crippen LogP contribution in [0.25, 0.3) is 5.65 Å². The maximum atomic E-state index is 11.1. The molecule has 1 aliphatic rings. The molecular weight excluding hydrogens is 220 g/mol. The summed E-state index contributed by atoms with van der Waals surface area (Å²) in [7, 11) is 0. The van der Waals surface area contributed by atoms with Gasteiger partial charge in [-0.05, 0) is 25.8 Å². The number of fused-ring (bicyclic) bond motifs is 1. The molecule has 88 valence electrons. The Morgan fingerprint density at radius 2 is 2.29 bits per heavy atom. The van der Waals surface area contributed by atoms with Crippen LogP contribution in [0, 0.1) is 6.92 Å². The first-order valence-corrected chi connectivity index (χ1v) is 5.63. The molecule has 0 radical (unpaired) electrons. The van der Waals surface area contributed by atoms with Crippen molar-refractivity contribution in [2.75, 3.05) is 0 Å². The maximum Gasteiger partial charge on any atom is 0.354 e. The average Bonchev–Trinajstić information content (AvgIpc) is 2.58. The monoisotopic (exact) mass is 232 g/mol. The van der Waals surface area contributed by atoms with Crippen molar-refractivity contribution in [3.05, 3.63) is 23.1 Å². The minimum absolute atomic E-state index is 0.116. The molecule has 0 unspecified atom stereocenters. The van der Waals surface area contributed by atoms with Crippen LogP contribution in [0.15, 0.2) is 6.07 Å². The van der Waals surface area contributed by atoms with Gasteiger partial charge in [-0.1, -0.05) is 11.6 Å². The Labute approximate surface area is 97.3 Å². The number of aromatic carboxylic acids is 1. The van der Waals surface area contributed by atoms with Crippen molar-refractivity contribution in [2.24, 2.45) is 0 Å². The van der Waals surface area contributed by atoms with Gasteiger partial charge in [0.05, 0.1) is 0 Å². The quantitative estimate of drug-likeness (QED) is 0.846. The lowest BCUT2D eigenvalue weighted by atomic mass is 9.83. The Morgan fingerprint density at radius 3 is 2.88 bits per heavy atom. The normalized spacial score (nSPS) is 16.1. The zero-order chi connectivity index (χ0) is 12.0. The van der Waals surface area contributed by atoms with Crippen LogP contribution in [0.5, 0.6) is 0 Å². The number of nitrogens with zero attached hydrogens (tertiary/aromatic N) is 4. The van der Waals surface area contributed by atoms with Crippen molar-refractivity contribution >= 4 is 11.6 Å². The first-order valence-electron chi connectivity index (χ1n) is 5.63. The molecule has 17 heavy (non-hydrogen) atoms. The van der Waals surface area contributed by atoms with Crippen LogP contribution in [-0.4, -0.2) is 30.9 Å². The summed E-state index contributed by atoms with van der Waals surface area (Å²) in [5, 5.41) is 17.1. The second-order valence-electron chi connectivity index (χ2n) is 4.43. The van der Waals surface area contributed by atoms with Gasteiger partial charge in [0, 0.05) is 11.6 Å². The molecule has 1 aliphatic carbocycles. The summed E-state index contributed by atoms with van der Waals surface area (Å²) in [5.41, 5.74) is 2.22. The van der Waals surface area contributed by atoms with Crippen LogP contribution in [0.1, 0.15) is 47.1 Å². The van der Waals surface area contributed by atoms with E-state index in [0.717, 1.165) is 18.5 Å². The highest BCUT2D eigenvalue weighted by atomic mass is 16.4. The number of carboxylic acid groups (broad SMARTS) is 1. The van der Waals surface area contributed by atoms with E-state index >= 15 is 0 Å². The Kier molecular flexibility index (Phi) is 2.10. The molecule has 6 nitrogen and oxygen atoms in total. The number of hydrogen-bond donors (Lipinski definition) is 1. The molecule has 0 atom stereocenters. The van der Waals surface area contributed by atoms with Gasteiger partial charge in [0.2, 0.25) is 0 Å². The third-order valence-corrected chi connectivity index (χ3v) is 3.24. The van der Waals surface area contributed by atoms with Crippen LogP contribution in [0.4, 0.5) is 0 Å². The fraction of sp³-hybridized carbons (Fsp3) is 0.455. The van der Waals surface area contributed by atoms with Gasteiger partial charge in [0.25, 0.3) is 0 Å². The highest BCUT2D eigenvalue weighted by molar-refractivity contribution is 5.86. The third-order valence-electron chi connectivity index (χ3n) is 3.24. The van der Waals surface area contributed by atoms with E-state index < -0.39 is 5.97 Å². The van der Waals surface area contributed by atoms with Crippen LogP contribution in [0.2, 0.25) is 0 Å². The molecule has 0 spiro atoms. The smallest absolute Gasteiger partial charge is 0.354 e. The van der Waals surface area contributed by atoms with Gasteiger partial charge in [-0.2, -0.15) is 4.52 Å². The topological polar surface area (TPSA) is 80.4 Å². The number of hydrogen-bond acceptors (Lipinski definition) is 4. The number of carboxylic acids is 1. The SMILES string of the molecule is Cc1cc(C(=O)O)n2nnc(C3CCC3)c2n1. The molecular formula is C11H12N4O2. The van der Waals surface area contributed by atoms with Crippen LogP contribution >= 0.6 is 0 Å². The van der Waals surface area contributed by atoms with Crippen molar-refractivity contribution in [1.29, 1.82) is 0 Å². The van der Waals surface area contributed by atoms with E-state index in [2.05, 4.69) is 15.3 Å². The molecule has 0 aromatic carbocycles. The summed E-state index contributed by atoms with van der Waals surface area (Å²) < 4.78 is 1.32. The van der Waals surface area contributed by atoms with Crippen molar-refractivity contribution < 1.29 is 9.90 Å². The van der Waals surface area contributed by atoms with E-state index in [9.17, 15) is 4.79 Å². The molecule has 3 rings (SSSR count). The Morgan fingerprint density at radius 1 is 1.53 bits per heavy atom. The molecule has 0 bridgehead atoms. The molecule has 2 aromatic rings. The van der Waals surface area contributed by atoms with E-state index in [4.69, 9.17) is 5.11 Å². The van der Waals surface area contributed by atoms with Crippen LogP contribution in [0.3, 0.4) is 0 Å². The van der Waals surface area contributed by atoms with E-state index in [1.165, 1.54) is 17.0 Å². The number of aromatic nitrogens is 4. The highest BCUT2D eigenvalue weighted by Crippen LogP contribution is 2.36. The lowest BCUT2D eigenvalue weighted by Gasteiger charge is -2.22. The molecule has 2 heterocycles. The largest absolute Gasteiger partial charge is 0.477 e. The molecule has 1 N–H and O–H groups in total. The first-order chi connectivity index (χ1) is 8.16. The fourth-order valence-corrected chi connectivity index (χ4v) is 2.11. The number of aryl methyl sites for hydroxylation is 1. The minimum atomic E-state index is -1.01. The molecule has 1 saturated carbocycles. The molecule has 2 aromatic heterocycles. The summed E-state index contributed by atoms with van der Waals surface area (Å²) in [6.45, 7) is 1.78. The number of rotatable bonds is 2. The van der Waals surface area contributed by atoms with Gasteiger partial charge in [0.15, 0.2) is 11.3 Å². The molecule has 1 fully saturated rings. The van der Waals surface area contributed by atoms with E-state index in [1.54, 1.807) is 6.92 Å². The molecule has 6 heteroatoms. The van der Waals surface area contributed by atoms with Crippen LogP contribution < -0.4 is 0 Å². The second-order valence-corrected chi connectivity index (χ2v) is 4.43. The van der Waals surface area contributed by atoms with Crippen molar-refractivity contribution in [1.82, 2.24) is 19.8 Å². The van der Waals surface area contributed by atoms with Gasteiger partial charge >= 0.3 is 5.97 Å². The van der Waals surface area contributed by atoms with Crippen molar-refractivity contribution in [3.63, 3.8) is 0 Å². The Hall–Kier alpha value is -1.98. The first kappa shape index (κ1) is 10.2. The maximum absolute atomic E-state index is 11.1. The van der Waals surface area contributed by atoms with Crippen molar-refractivity contribution in [3.8, 4) is 0 Å². The van der Waals surface area contributed by atoms with E-state index in [0.29, 0.717) is 17.3 Å². The summed E-state index contributed by atoms with van der Waals surface area (Å²) in [4.78, 5) is 15.5. The Balaban J connectivity index is 2.24. The fourth-order valence-electron chi connectivity index (χ4n) is 2.11. The summed E-state index contributed by atoms with van der Waals surface area (Å²) in [5.74, 6) is -0.617. The zero-order valence-electron chi connectivity index (χ0n) is 9.42. The van der Waals surface area contributed by atoms with Crippen molar-refractivity contribution in [2.45, 2.75) is 32.1 Å². The summed E-state index contributed by atoms with van der Waals surface area (Å²) >= 11 is 0. The predicted octanol–water partition coefficient (Wildman–Crippen LogP) is 1.40. The minimum Gasteiger partial charge on any atom is -0.477 e. The number of carbonyl (C=O) groups is 1.